The number of ketones is 3. The maximum Gasteiger partial charge on any atom is 0.270 e. The predicted molar refractivity (Wildman–Crippen MR) is 150 cm³/mol. The SMILES string of the molecule is O=C(c1cccc([N+](=O)[O-])c1)[C@@H]1[C@@H](c2ccccc2F)C2(C(=O)c3ccccc3C2=O)C2C=Cc3ccccc3N21. The van der Waals surface area contributed by atoms with Crippen LogP contribution in [0, 0.1) is 21.3 Å². The number of nitro benzene ring substituents is 1. The minimum Gasteiger partial charge on any atom is -0.352 e. The van der Waals surface area contributed by atoms with Crippen molar-refractivity contribution in [1.29, 1.82) is 0 Å². The van der Waals surface area contributed by atoms with Gasteiger partial charge in [0.15, 0.2) is 17.3 Å². The van der Waals surface area contributed by atoms with E-state index in [1.807, 2.05) is 18.2 Å². The summed E-state index contributed by atoms with van der Waals surface area (Å²) in [6, 6.07) is 22.9. The van der Waals surface area contributed by atoms with Crippen molar-refractivity contribution < 1.29 is 23.7 Å². The van der Waals surface area contributed by atoms with Crippen LogP contribution in [0.2, 0.25) is 0 Å². The van der Waals surface area contributed by atoms with Gasteiger partial charge < -0.3 is 4.90 Å². The number of rotatable bonds is 4. The average molecular weight is 545 g/mol. The van der Waals surface area contributed by atoms with Gasteiger partial charge in [-0.25, -0.2) is 4.39 Å². The van der Waals surface area contributed by atoms with Crippen LogP contribution in [0.25, 0.3) is 6.08 Å². The monoisotopic (exact) mass is 544 g/mol. The highest BCUT2D eigenvalue weighted by Gasteiger charge is 2.71. The molecule has 3 atom stereocenters. The number of carbonyl (C=O) groups excluding carboxylic acids is 3. The van der Waals surface area contributed by atoms with Crippen LogP contribution in [-0.2, 0) is 0 Å². The lowest BCUT2D eigenvalue weighted by Gasteiger charge is -2.37. The van der Waals surface area contributed by atoms with Gasteiger partial charge in [-0.05, 0) is 23.3 Å². The van der Waals surface area contributed by atoms with E-state index in [4.69, 9.17) is 0 Å². The molecule has 1 unspecified atom stereocenters. The van der Waals surface area contributed by atoms with E-state index in [2.05, 4.69) is 0 Å². The van der Waals surface area contributed by atoms with Crippen molar-refractivity contribution in [2.75, 3.05) is 4.90 Å². The van der Waals surface area contributed by atoms with Crippen LogP contribution < -0.4 is 4.90 Å². The summed E-state index contributed by atoms with van der Waals surface area (Å²) >= 11 is 0. The van der Waals surface area contributed by atoms with Crippen molar-refractivity contribution in [2.45, 2.75) is 18.0 Å². The molecule has 1 aliphatic carbocycles. The summed E-state index contributed by atoms with van der Waals surface area (Å²) in [5.74, 6) is -3.38. The number of fused-ring (bicyclic) bond motifs is 5. The second-order valence-electron chi connectivity index (χ2n) is 10.5. The Balaban J connectivity index is 1.55. The fourth-order valence-electron chi connectivity index (χ4n) is 6.93. The van der Waals surface area contributed by atoms with Gasteiger partial charge in [-0.3, -0.25) is 24.5 Å². The summed E-state index contributed by atoms with van der Waals surface area (Å²) in [4.78, 5) is 56.4. The van der Waals surface area contributed by atoms with E-state index >= 15 is 4.39 Å². The van der Waals surface area contributed by atoms with Gasteiger partial charge in [0.05, 0.1) is 11.0 Å². The number of nitrogens with zero attached hydrogens (tertiary/aromatic N) is 2. The van der Waals surface area contributed by atoms with Gasteiger partial charge in [-0.2, -0.15) is 0 Å². The lowest BCUT2D eigenvalue weighted by Crippen LogP contribution is -2.48. The highest BCUT2D eigenvalue weighted by molar-refractivity contribution is 6.32. The summed E-state index contributed by atoms with van der Waals surface area (Å²) < 4.78 is 15.8. The van der Waals surface area contributed by atoms with E-state index in [1.54, 1.807) is 53.4 Å². The molecule has 200 valence electrons. The summed E-state index contributed by atoms with van der Waals surface area (Å²) in [7, 11) is 0. The molecule has 0 amide bonds. The zero-order valence-corrected chi connectivity index (χ0v) is 21.4. The van der Waals surface area contributed by atoms with Crippen LogP contribution in [0.3, 0.4) is 0 Å². The highest BCUT2D eigenvalue weighted by Crippen LogP contribution is 2.61. The van der Waals surface area contributed by atoms with Crippen molar-refractivity contribution in [3.8, 4) is 0 Å². The first-order chi connectivity index (χ1) is 19.9. The van der Waals surface area contributed by atoms with Gasteiger partial charge in [0.25, 0.3) is 5.69 Å². The molecule has 0 N–H and O–H groups in total. The largest absolute Gasteiger partial charge is 0.352 e. The number of non-ortho nitro benzene ring substituents is 1. The molecule has 0 aromatic heterocycles. The van der Waals surface area contributed by atoms with Crippen LogP contribution in [-0.4, -0.2) is 34.4 Å². The molecule has 0 saturated carbocycles. The Morgan fingerprint density at radius 2 is 1.51 bits per heavy atom. The molecular formula is C33H21FN2O5. The van der Waals surface area contributed by atoms with Gasteiger partial charge >= 0.3 is 0 Å². The molecule has 4 aromatic carbocycles. The molecule has 41 heavy (non-hydrogen) atoms. The summed E-state index contributed by atoms with van der Waals surface area (Å²) in [5, 5.41) is 11.6. The number of halogens is 1. The Bertz CT molecular complexity index is 1810. The quantitative estimate of drug-likeness (QED) is 0.134. The second kappa shape index (κ2) is 8.89. The van der Waals surface area contributed by atoms with Crippen molar-refractivity contribution >= 4 is 34.8 Å². The molecule has 0 radical (unpaired) electrons. The fourth-order valence-corrected chi connectivity index (χ4v) is 6.93. The van der Waals surface area contributed by atoms with Crippen LogP contribution in [0.5, 0.6) is 0 Å². The molecule has 8 heteroatoms. The molecular weight excluding hydrogens is 523 g/mol. The normalized spacial score (nSPS) is 21.5. The minimum atomic E-state index is -1.85. The third-order valence-electron chi connectivity index (χ3n) is 8.56. The molecule has 4 aromatic rings. The van der Waals surface area contributed by atoms with Crippen LogP contribution >= 0.6 is 0 Å². The first-order valence-corrected chi connectivity index (χ1v) is 13.1. The Hall–Kier alpha value is -5.24. The Labute approximate surface area is 233 Å². The highest BCUT2D eigenvalue weighted by atomic mass is 19.1. The van der Waals surface area contributed by atoms with Crippen molar-refractivity contribution in [1.82, 2.24) is 0 Å². The summed E-state index contributed by atoms with van der Waals surface area (Å²) in [6.07, 6.45) is 3.57. The molecule has 2 heterocycles. The number of benzene rings is 4. The van der Waals surface area contributed by atoms with E-state index < -0.39 is 51.5 Å². The fraction of sp³-hybridized carbons (Fsp3) is 0.121. The van der Waals surface area contributed by atoms with Crippen molar-refractivity contribution in [2.24, 2.45) is 5.41 Å². The standard InChI is InChI=1S/C33H21FN2O5/c34-25-14-5-4-13-24(25)28-29(30(37)20-9-7-10-21(18-20)36(40)41)35-26-15-6-1-8-19(26)16-17-27(35)33(28)31(38)22-11-2-3-12-23(22)32(33)39/h1-18,27-29H/t27?,28-,29+/m1/s1. The van der Waals surface area contributed by atoms with E-state index in [9.17, 15) is 24.5 Å². The third-order valence-corrected chi connectivity index (χ3v) is 8.56. The average Bonchev–Trinajstić information content (AvgIpc) is 3.43. The lowest BCUT2D eigenvalue weighted by molar-refractivity contribution is -0.384. The summed E-state index contributed by atoms with van der Waals surface area (Å²) in [5.41, 5.74) is -0.198. The number of nitro groups is 1. The maximum atomic E-state index is 15.8. The zero-order valence-electron chi connectivity index (χ0n) is 21.4. The number of carbonyl (C=O) groups is 3. The zero-order chi connectivity index (χ0) is 28.5. The van der Waals surface area contributed by atoms with Gasteiger partial charge in [-0.15, -0.1) is 0 Å². The molecule has 7 rings (SSSR count). The number of Topliss-reactive ketones (excluding diaryl/α,β-unsaturated/α-hetero) is 3. The van der Waals surface area contributed by atoms with E-state index in [0.29, 0.717) is 5.69 Å². The number of anilines is 1. The van der Waals surface area contributed by atoms with Gasteiger partial charge in [-0.1, -0.05) is 84.9 Å². The number of para-hydroxylation sites is 1. The van der Waals surface area contributed by atoms with Crippen LogP contribution in [0.1, 0.15) is 48.1 Å². The van der Waals surface area contributed by atoms with E-state index in [-0.39, 0.29) is 27.9 Å². The lowest BCUT2D eigenvalue weighted by atomic mass is 9.64. The van der Waals surface area contributed by atoms with Crippen LogP contribution in [0.4, 0.5) is 15.8 Å². The minimum absolute atomic E-state index is 0.0313. The molecule has 2 aliphatic heterocycles. The van der Waals surface area contributed by atoms with Crippen molar-refractivity contribution in [3.05, 3.63) is 147 Å². The smallest absolute Gasteiger partial charge is 0.270 e. The number of hydrogen-bond acceptors (Lipinski definition) is 6. The molecule has 7 nitrogen and oxygen atoms in total. The molecule has 1 saturated heterocycles. The first-order valence-electron chi connectivity index (χ1n) is 13.1. The predicted octanol–water partition coefficient (Wildman–Crippen LogP) is 6.05. The first kappa shape index (κ1) is 24.8. The van der Waals surface area contributed by atoms with Crippen molar-refractivity contribution in [3.63, 3.8) is 0 Å². The van der Waals surface area contributed by atoms with Gasteiger partial charge in [0.2, 0.25) is 0 Å². The Morgan fingerprint density at radius 1 is 0.854 bits per heavy atom. The molecule has 1 spiro atoms. The molecule has 0 bridgehead atoms. The number of hydrogen-bond donors (Lipinski definition) is 0. The summed E-state index contributed by atoms with van der Waals surface area (Å²) in [6.45, 7) is 0. The topological polar surface area (TPSA) is 97.6 Å². The maximum absolute atomic E-state index is 15.8. The van der Waals surface area contributed by atoms with E-state index in [0.717, 1.165) is 5.56 Å². The van der Waals surface area contributed by atoms with E-state index in [1.165, 1.54) is 42.5 Å². The Morgan fingerprint density at radius 3 is 2.22 bits per heavy atom. The second-order valence-corrected chi connectivity index (χ2v) is 10.5. The molecule has 3 aliphatic rings. The third kappa shape index (κ3) is 3.27. The Kier molecular flexibility index (Phi) is 5.37. The molecule has 1 fully saturated rings. The van der Waals surface area contributed by atoms with Gasteiger partial charge in [0, 0.05) is 40.4 Å². The van der Waals surface area contributed by atoms with Gasteiger partial charge in [0.1, 0.15) is 17.3 Å². The van der Waals surface area contributed by atoms with Crippen LogP contribution in [0.15, 0.2) is 103 Å².